The Morgan fingerprint density at radius 2 is 1.88 bits per heavy atom. The van der Waals surface area contributed by atoms with Crippen molar-refractivity contribution in [2.45, 2.75) is 40.7 Å². The summed E-state index contributed by atoms with van der Waals surface area (Å²) in [7, 11) is 2.09. The Morgan fingerprint density at radius 1 is 1.17 bits per heavy atom. The molecule has 5 nitrogen and oxygen atoms in total. The van der Waals surface area contributed by atoms with E-state index in [0.29, 0.717) is 5.82 Å². The fraction of sp³-hybridized carbons (Fsp3) is 0.474. The SMILES string of the molecule is CCCN(C)c1nc2c(N)nc3ccccc3c2n1CC(C)(C)C. The van der Waals surface area contributed by atoms with Gasteiger partial charge in [0.15, 0.2) is 5.82 Å². The highest BCUT2D eigenvalue weighted by molar-refractivity contribution is 6.07. The van der Waals surface area contributed by atoms with E-state index in [1.165, 1.54) is 0 Å². The van der Waals surface area contributed by atoms with E-state index in [0.717, 1.165) is 47.4 Å². The Kier molecular flexibility index (Phi) is 4.11. The Hall–Kier alpha value is -2.30. The van der Waals surface area contributed by atoms with Gasteiger partial charge in [0.1, 0.15) is 5.52 Å². The lowest BCUT2D eigenvalue weighted by Gasteiger charge is -2.25. The second-order valence-corrected chi connectivity index (χ2v) is 7.69. The van der Waals surface area contributed by atoms with E-state index in [1.54, 1.807) is 0 Å². The van der Waals surface area contributed by atoms with Gasteiger partial charge in [-0.25, -0.2) is 9.97 Å². The van der Waals surface area contributed by atoms with Crippen molar-refractivity contribution < 1.29 is 0 Å². The Bertz CT molecular complexity index is 873. The molecule has 0 amide bonds. The van der Waals surface area contributed by atoms with E-state index in [1.807, 2.05) is 18.2 Å². The summed E-state index contributed by atoms with van der Waals surface area (Å²) >= 11 is 0. The largest absolute Gasteiger partial charge is 0.382 e. The zero-order chi connectivity index (χ0) is 17.5. The van der Waals surface area contributed by atoms with Crippen molar-refractivity contribution in [2.24, 2.45) is 5.41 Å². The first-order valence-corrected chi connectivity index (χ1v) is 8.57. The molecular formula is C19H27N5. The minimum atomic E-state index is 0.134. The molecule has 0 fully saturated rings. The average molecular weight is 325 g/mol. The third kappa shape index (κ3) is 2.90. The van der Waals surface area contributed by atoms with Crippen LogP contribution in [-0.4, -0.2) is 28.1 Å². The van der Waals surface area contributed by atoms with Crippen molar-refractivity contribution in [1.29, 1.82) is 0 Å². The molecule has 0 atom stereocenters. The predicted molar refractivity (Wildman–Crippen MR) is 102 cm³/mol. The van der Waals surface area contributed by atoms with Crippen LogP contribution in [0.25, 0.3) is 21.9 Å². The summed E-state index contributed by atoms with van der Waals surface area (Å²) in [5.41, 5.74) is 9.18. The van der Waals surface area contributed by atoms with Crippen molar-refractivity contribution in [2.75, 3.05) is 24.2 Å². The lowest BCUT2D eigenvalue weighted by Crippen LogP contribution is -2.25. The Balaban J connectivity index is 2.37. The normalized spacial score (nSPS) is 12.2. The molecule has 3 aromatic rings. The molecule has 0 aliphatic heterocycles. The molecule has 0 spiro atoms. The van der Waals surface area contributed by atoms with Crippen LogP contribution in [0.1, 0.15) is 34.1 Å². The molecule has 5 heteroatoms. The third-order valence-electron chi connectivity index (χ3n) is 4.12. The topological polar surface area (TPSA) is 60.0 Å². The zero-order valence-electron chi connectivity index (χ0n) is 15.3. The van der Waals surface area contributed by atoms with Gasteiger partial charge >= 0.3 is 0 Å². The number of pyridine rings is 1. The standard InChI is InChI=1S/C19H27N5/c1-6-11-23(5)18-22-15-16(24(18)12-19(2,3)4)13-9-7-8-10-14(13)21-17(15)20/h7-10H,6,11-12H2,1-5H3,(H2,20,21). The number of hydrogen-bond donors (Lipinski definition) is 1. The number of anilines is 2. The monoisotopic (exact) mass is 325 g/mol. The molecule has 3 rings (SSSR count). The lowest BCUT2D eigenvalue weighted by molar-refractivity contribution is 0.349. The van der Waals surface area contributed by atoms with E-state index in [-0.39, 0.29) is 5.41 Å². The van der Waals surface area contributed by atoms with Gasteiger partial charge in [0, 0.05) is 25.5 Å². The summed E-state index contributed by atoms with van der Waals surface area (Å²) in [5, 5.41) is 1.11. The van der Waals surface area contributed by atoms with Crippen LogP contribution < -0.4 is 10.6 Å². The number of aromatic nitrogens is 3. The number of nitrogens with two attached hydrogens (primary N) is 1. The van der Waals surface area contributed by atoms with E-state index in [4.69, 9.17) is 10.7 Å². The van der Waals surface area contributed by atoms with Crippen LogP contribution in [0.5, 0.6) is 0 Å². The number of nitrogen functional groups attached to an aromatic ring is 1. The van der Waals surface area contributed by atoms with Gasteiger partial charge in [-0.1, -0.05) is 45.9 Å². The number of imidazole rings is 1. The fourth-order valence-corrected chi connectivity index (χ4v) is 3.20. The molecule has 0 unspecified atom stereocenters. The van der Waals surface area contributed by atoms with E-state index < -0.39 is 0 Å². The van der Waals surface area contributed by atoms with E-state index >= 15 is 0 Å². The van der Waals surface area contributed by atoms with E-state index in [9.17, 15) is 0 Å². The van der Waals surface area contributed by atoms with Gasteiger partial charge in [-0.2, -0.15) is 0 Å². The van der Waals surface area contributed by atoms with E-state index in [2.05, 4.69) is 55.3 Å². The lowest BCUT2D eigenvalue weighted by atomic mass is 9.96. The van der Waals surface area contributed by atoms with Gasteiger partial charge in [-0.15, -0.1) is 0 Å². The predicted octanol–water partition coefficient (Wildman–Crippen LogP) is 4.06. The van der Waals surface area contributed by atoms with Gasteiger partial charge in [-0.3, -0.25) is 0 Å². The third-order valence-corrected chi connectivity index (χ3v) is 4.12. The first kappa shape index (κ1) is 16.6. The maximum absolute atomic E-state index is 6.24. The summed E-state index contributed by atoms with van der Waals surface area (Å²) in [5.74, 6) is 1.47. The van der Waals surface area contributed by atoms with Crippen LogP contribution in [0, 0.1) is 5.41 Å². The molecule has 2 N–H and O–H groups in total. The maximum atomic E-state index is 6.24. The molecule has 24 heavy (non-hydrogen) atoms. The molecule has 0 saturated carbocycles. The van der Waals surface area contributed by atoms with Crippen molar-refractivity contribution in [3.63, 3.8) is 0 Å². The summed E-state index contributed by atoms with van der Waals surface area (Å²) in [6.45, 7) is 10.7. The Morgan fingerprint density at radius 3 is 2.54 bits per heavy atom. The number of para-hydroxylation sites is 1. The van der Waals surface area contributed by atoms with Crippen molar-refractivity contribution in [1.82, 2.24) is 14.5 Å². The number of nitrogens with zero attached hydrogens (tertiary/aromatic N) is 4. The summed E-state index contributed by atoms with van der Waals surface area (Å²) in [4.78, 5) is 11.6. The molecule has 0 aliphatic rings. The summed E-state index contributed by atoms with van der Waals surface area (Å²) in [6, 6.07) is 8.15. The van der Waals surface area contributed by atoms with Crippen molar-refractivity contribution in [3.05, 3.63) is 24.3 Å². The fourth-order valence-electron chi connectivity index (χ4n) is 3.20. The maximum Gasteiger partial charge on any atom is 0.206 e. The van der Waals surface area contributed by atoms with Crippen LogP contribution in [0.15, 0.2) is 24.3 Å². The minimum Gasteiger partial charge on any atom is -0.382 e. The van der Waals surface area contributed by atoms with Crippen molar-refractivity contribution in [3.8, 4) is 0 Å². The quantitative estimate of drug-likeness (QED) is 0.786. The van der Waals surface area contributed by atoms with Crippen LogP contribution >= 0.6 is 0 Å². The Labute approximate surface area is 143 Å². The van der Waals surface area contributed by atoms with Gasteiger partial charge in [0.05, 0.1) is 11.0 Å². The molecule has 2 aromatic heterocycles. The molecule has 0 radical (unpaired) electrons. The highest BCUT2D eigenvalue weighted by atomic mass is 15.3. The molecular weight excluding hydrogens is 298 g/mol. The van der Waals surface area contributed by atoms with Crippen molar-refractivity contribution >= 4 is 33.7 Å². The molecule has 128 valence electrons. The van der Waals surface area contributed by atoms with Crippen LogP contribution in [-0.2, 0) is 6.54 Å². The average Bonchev–Trinajstić information content (AvgIpc) is 2.86. The van der Waals surface area contributed by atoms with Crippen LogP contribution in [0.2, 0.25) is 0 Å². The summed E-state index contributed by atoms with van der Waals surface area (Å²) < 4.78 is 2.31. The smallest absolute Gasteiger partial charge is 0.206 e. The van der Waals surface area contributed by atoms with Gasteiger partial charge < -0.3 is 15.2 Å². The zero-order valence-corrected chi connectivity index (χ0v) is 15.3. The minimum absolute atomic E-state index is 0.134. The second kappa shape index (κ2) is 5.96. The first-order chi connectivity index (χ1) is 11.3. The molecule has 1 aromatic carbocycles. The van der Waals surface area contributed by atoms with Gasteiger partial charge in [0.25, 0.3) is 0 Å². The van der Waals surface area contributed by atoms with Crippen LogP contribution in [0.4, 0.5) is 11.8 Å². The molecule has 0 bridgehead atoms. The number of fused-ring (bicyclic) bond motifs is 3. The second-order valence-electron chi connectivity index (χ2n) is 7.69. The van der Waals surface area contributed by atoms with Gasteiger partial charge in [0.2, 0.25) is 5.95 Å². The number of benzene rings is 1. The van der Waals surface area contributed by atoms with Crippen LogP contribution in [0.3, 0.4) is 0 Å². The highest BCUT2D eigenvalue weighted by Gasteiger charge is 2.22. The highest BCUT2D eigenvalue weighted by Crippen LogP contribution is 2.33. The molecule has 0 aliphatic carbocycles. The number of rotatable bonds is 4. The first-order valence-electron chi connectivity index (χ1n) is 8.57. The van der Waals surface area contributed by atoms with Gasteiger partial charge in [-0.05, 0) is 17.9 Å². The number of hydrogen-bond acceptors (Lipinski definition) is 4. The summed E-state index contributed by atoms with van der Waals surface area (Å²) in [6.07, 6.45) is 1.07. The molecule has 0 saturated heterocycles. The molecule has 2 heterocycles.